The summed E-state index contributed by atoms with van der Waals surface area (Å²) >= 11 is 0. The Balaban J connectivity index is 1.51. The number of rotatable bonds is 8. The molecule has 2 atom stereocenters. The first-order valence-corrected chi connectivity index (χ1v) is 10.2. The number of nitrogens with zero attached hydrogens (tertiary/aromatic N) is 1. The van der Waals surface area contributed by atoms with Crippen LogP contribution in [0, 0.1) is 0 Å². The zero-order chi connectivity index (χ0) is 21.5. The molecule has 1 aliphatic rings. The van der Waals surface area contributed by atoms with Gasteiger partial charge in [-0.2, -0.15) is 0 Å². The van der Waals surface area contributed by atoms with Crippen LogP contribution in [-0.2, 0) is 16.1 Å². The van der Waals surface area contributed by atoms with Gasteiger partial charge in [0, 0.05) is 30.9 Å². The van der Waals surface area contributed by atoms with Gasteiger partial charge in [0.05, 0.1) is 25.2 Å². The highest BCUT2D eigenvalue weighted by Gasteiger charge is 2.22. The molecule has 7 heteroatoms. The molecule has 160 valence electrons. The summed E-state index contributed by atoms with van der Waals surface area (Å²) < 4.78 is 11.2. The third kappa shape index (κ3) is 6.57. The number of carbonyl (C=O) groups is 2. The summed E-state index contributed by atoms with van der Waals surface area (Å²) in [7, 11) is 0. The van der Waals surface area contributed by atoms with Crippen molar-refractivity contribution >= 4 is 17.5 Å². The van der Waals surface area contributed by atoms with Crippen molar-refractivity contribution in [2.75, 3.05) is 25.0 Å². The molecule has 2 aromatic carbocycles. The predicted octanol–water partition coefficient (Wildman–Crippen LogP) is 2.80. The average Bonchev–Trinajstić information content (AvgIpc) is 2.69. The molecule has 0 spiro atoms. The molecule has 0 bridgehead atoms. The molecule has 0 radical (unpaired) electrons. The molecule has 30 heavy (non-hydrogen) atoms. The van der Waals surface area contributed by atoms with Gasteiger partial charge < -0.3 is 20.5 Å². The van der Waals surface area contributed by atoms with Gasteiger partial charge in [-0.25, -0.2) is 0 Å². The Bertz CT molecular complexity index is 842. The molecule has 1 fully saturated rings. The van der Waals surface area contributed by atoms with Crippen LogP contribution in [-0.4, -0.2) is 48.6 Å². The van der Waals surface area contributed by atoms with E-state index in [2.05, 4.69) is 24.1 Å². The lowest BCUT2D eigenvalue weighted by atomic mass is 10.1. The maximum absolute atomic E-state index is 12.5. The monoisotopic (exact) mass is 411 g/mol. The van der Waals surface area contributed by atoms with E-state index in [4.69, 9.17) is 15.2 Å². The molecule has 3 rings (SSSR count). The highest BCUT2D eigenvalue weighted by Crippen LogP contribution is 2.18. The normalized spacial score (nSPS) is 19.3. The predicted molar refractivity (Wildman–Crippen MR) is 115 cm³/mol. The standard InChI is InChI=1S/C23H29N3O4/c1-16-13-26(14-17(2)30-16)15-18-3-5-19(6-4-18)23(28)25-20-7-9-21(10-8-20)29-12-11-22(24)27/h3-10,16-17H,11-15H2,1-2H3,(H2,24,27)(H,25,28). The third-order valence-electron chi connectivity index (χ3n) is 4.85. The fourth-order valence-electron chi connectivity index (χ4n) is 3.54. The zero-order valence-electron chi connectivity index (χ0n) is 17.5. The van der Waals surface area contributed by atoms with Crippen LogP contribution in [0.5, 0.6) is 5.75 Å². The molecular formula is C23H29N3O4. The lowest BCUT2D eigenvalue weighted by molar-refractivity contribution is -0.118. The SMILES string of the molecule is CC1CN(Cc2ccc(C(=O)Nc3ccc(OCCC(N)=O)cc3)cc2)CC(C)O1. The maximum atomic E-state index is 12.5. The summed E-state index contributed by atoms with van der Waals surface area (Å²) in [5, 5.41) is 2.88. The molecule has 0 saturated carbocycles. The fraction of sp³-hybridized carbons (Fsp3) is 0.391. The number of carbonyl (C=O) groups excluding carboxylic acids is 2. The van der Waals surface area contributed by atoms with E-state index in [9.17, 15) is 9.59 Å². The van der Waals surface area contributed by atoms with Crippen LogP contribution >= 0.6 is 0 Å². The van der Waals surface area contributed by atoms with Crippen LogP contribution in [0.3, 0.4) is 0 Å². The summed E-state index contributed by atoms with van der Waals surface area (Å²) in [6.07, 6.45) is 0.635. The first-order chi connectivity index (χ1) is 14.4. The highest BCUT2D eigenvalue weighted by atomic mass is 16.5. The number of nitrogens with one attached hydrogen (secondary N) is 1. The van der Waals surface area contributed by atoms with Crippen LogP contribution in [0.1, 0.15) is 36.2 Å². The van der Waals surface area contributed by atoms with Crippen molar-refractivity contribution in [1.29, 1.82) is 0 Å². The van der Waals surface area contributed by atoms with Crippen molar-refractivity contribution in [3.05, 3.63) is 59.7 Å². The van der Waals surface area contributed by atoms with Crippen LogP contribution in [0.2, 0.25) is 0 Å². The number of ether oxygens (including phenoxy) is 2. The molecular weight excluding hydrogens is 382 g/mol. The number of benzene rings is 2. The first kappa shape index (κ1) is 21.8. The molecule has 7 nitrogen and oxygen atoms in total. The Hall–Kier alpha value is -2.90. The minimum atomic E-state index is -0.404. The average molecular weight is 412 g/mol. The Morgan fingerprint density at radius 1 is 1.07 bits per heavy atom. The Morgan fingerprint density at radius 3 is 2.30 bits per heavy atom. The number of amides is 2. The van der Waals surface area contributed by atoms with Gasteiger partial charge in [0.1, 0.15) is 5.75 Å². The van der Waals surface area contributed by atoms with Gasteiger partial charge in [0.2, 0.25) is 5.91 Å². The summed E-state index contributed by atoms with van der Waals surface area (Å²) in [5.41, 5.74) is 7.53. The molecule has 1 aliphatic heterocycles. The van der Waals surface area contributed by atoms with E-state index in [0.29, 0.717) is 17.0 Å². The van der Waals surface area contributed by atoms with Gasteiger partial charge in [0.25, 0.3) is 5.91 Å². The fourth-order valence-corrected chi connectivity index (χ4v) is 3.54. The van der Waals surface area contributed by atoms with Crippen LogP contribution in [0.4, 0.5) is 5.69 Å². The van der Waals surface area contributed by atoms with E-state index in [1.165, 1.54) is 5.56 Å². The topological polar surface area (TPSA) is 93.9 Å². The quantitative estimate of drug-likeness (QED) is 0.697. The van der Waals surface area contributed by atoms with Gasteiger partial charge in [-0.05, 0) is 55.8 Å². The molecule has 1 saturated heterocycles. The van der Waals surface area contributed by atoms with Gasteiger partial charge >= 0.3 is 0 Å². The van der Waals surface area contributed by atoms with E-state index in [1.54, 1.807) is 24.3 Å². The van der Waals surface area contributed by atoms with Crippen molar-refractivity contribution < 1.29 is 19.1 Å². The van der Waals surface area contributed by atoms with Gasteiger partial charge in [-0.3, -0.25) is 14.5 Å². The lowest BCUT2D eigenvalue weighted by Crippen LogP contribution is -2.44. The highest BCUT2D eigenvalue weighted by molar-refractivity contribution is 6.04. The zero-order valence-corrected chi connectivity index (χ0v) is 17.5. The van der Waals surface area contributed by atoms with Crippen molar-refractivity contribution in [3.63, 3.8) is 0 Å². The number of morpholine rings is 1. The molecule has 2 aromatic rings. The summed E-state index contributed by atoms with van der Waals surface area (Å²) in [5.74, 6) is 0.0434. The van der Waals surface area contributed by atoms with Crippen molar-refractivity contribution in [2.24, 2.45) is 5.73 Å². The molecule has 0 aromatic heterocycles. The molecule has 3 N–H and O–H groups in total. The first-order valence-electron chi connectivity index (χ1n) is 10.2. The van der Waals surface area contributed by atoms with E-state index in [-0.39, 0.29) is 31.1 Å². The van der Waals surface area contributed by atoms with Crippen molar-refractivity contribution in [2.45, 2.75) is 39.0 Å². The number of hydrogen-bond acceptors (Lipinski definition) is 5. The largest absolute Gasteiger partial charge is 0.493 e. The van der Waals surface area contributed by atoms with Gasteiger partial charge in [-0.15, -0.1) is 0 Å². The lowest BCUT2D eigenvalue weighted by Gasteiger charge is -2.35. The Morgan fingerprint density at radius 2 is 1.70 bits per heavy atom. The van der Waals surface area contributed by atoms with E-state index in [0.717, 1.165) is 19.6 Å². The smallest absolute Gasteiger partial charge is 0.255 e. The van der Waals surface area contributed by atoms with Crippen molar-refractivity contribution in [1.82, 2.24) is 4.90 Å². The summed E-state index contributed by atoms with van der Waals surface area (Å²) in [6.45, 7) is 7.09. The van der Waals surface area contributed by atoms with Crippen LogP contribution in [0.15, 0.2) is 48.5 Å². The van der Waals surface area contributed by atoms with Crippen LogP contribution in [0.25, 0.3) is 0 Å². The van der Waals surface area contributed by atoms with E-state index in [1.807, 2.05) is 24.3 Å². The molecule has 2 unspecified atom stereocenters. The van der Waals surface area contributed by atoms with Gasteiger partial charge in [-0.1, -0.05) is 12.1 Å². The Labute approximate surface area is 177 Å². The minimum absolute atomic E-state index is 0.165. The van der Waals surface area contributed by atoms with E-state index >= 15 is 0 Å². The number of hydrogen-bond donors (Lipinski definition) is 2. The molecule has 0 aliphatic carbocycles. The molecule has 1 heterocycles. The van der Waals surface area contributed by atoms with Crippen molar-refractivity contribution in [3.8, 4) is 5.75 Å². The maximum Gasteiger partial charge on any atom is 0.255 e. The second-order valence-electron chi connectivity index (χ2n) is 7.69. The number of anilines is 1. The second-order valence-corrected chi connectivity index (χ2v) is 7.69. The Kier molecular flexibility index (Phi) is 7.43. The third-order valence-corrected chi connectivity index (χ3v) is 4.85. The van der Waals surface area contributed by atoms with Crippen LogP contribution < -0.4 is 15.8 Å². The second kappa shape index (κ2) is 10.2. The number of primary amides is 1. The summed E-state index contributed by atoms with van der Waals surface area (Å²) in [4.78, 5) is 25.6. The van der Waals surface area contributed by atoms with E-state index < -0.39 is 5.91 Å². The molecule has 2 amide bonds. The van der Waals surface area contributed by atoms with Gasteiger partial charge in [0.15, 0.2) is 0 Å². The number of nitrogens with two attached hydrogens (primary N) is 1. The summed E-state index contributed by atoms with van der Waals surface area (Å²) in [6, 6.07) is 14.7. The minimum Gasteiger partial charge on any atom is -0.493 e.